The highest BCUT2D eigenvalue weighted by Crippen LogP contribution is 2.20. The van der Waals surface area contributed by atoms with E-state index in [0.29, 0.717) is 0 Å². The normalized spacial score (nSPS) is 10.2. The van der Waals surface area contributed by atoms with Gasteiger partial charge in [-0.3, -0.25) is 4.79 Å². The van der Waals surface area contributed by atoms with Gasteiger partial charge in [0.1, 0.15) is 13.1 Å². The molecule has 0 radical (unpaired) electrons. The van der Waals surface area contributed by atoms with Crippen LogP contribution in [0.5, 0.6) is 0 Å². The van der Waals surface area contributed by atoms with Gasteiger partial charge in [-0.1, -0.05) is 12.1 Å². The van der Waals surface area contributed by atoms with Crippen LogP contribution in [0.3, 0.4) is 0 Å². The Labute approximate surface area is 104 Å². The maximum absolute atomic E-state index is 11.5. The molecule has 1 aromatic heterocycles. The molecule has 0 spiro atoms. The predicted octanol–water partition coefficient (Wildman–Crippen LogP) is 0.773. The molecule has 0 unspecified atom stereocenters. The molecule has 2 rings (SSSR count). The number of hydrogen-bond donors (Lipinski definition) is 2. The molecule has 0 saturated carbocycles. The molecule has 0 atom stereocenters. The first kappa shape index (κ1) is 12.1. The Bertz CT molecular complexity index is 610. The second-order valence-electron chi connectivity index (χ2n) is 3.89. The highest BCUT2D eigenvalue weighted by atomic mass is 16.3. The van der Waals surface area contributed by atoms with Crippen LogP contribution in [0, 0.1) is 11.3 Å². The van der Waals surface area contributed by atoms with E-state index in [1.807, 2.05) is 30.3 Å². The highest BCUT2D eigenvalue weighted by molar-refractivity contribution is 5.85. The second kappa shape index (κ2) is 5.34. The highest BCUT2D eigenvalue weighted by Gasteiger charge is 2.07. The molecule has 0 fully saturated rings. The Kier molecular flexibility index (Phi) is 3.60. The first-order chi connectivity index (χ1) is 8.76. The van der Waals surface area contributed by atoms with Crippen LogP contribution in [0.2, 0.25) is 0 Å². The van der Waals surface area contributed by atoms with Gasteiger partial charge >= 0.3 is 0 Å². The molecule has 92 valence electrons. The third-order valence-corrected chi connectivity index (χ3v) is 2.75. The van der Waals surface area contributed by atoms with E-state index in [0.717, 1.165) is 16.5 Å². The fourth-order valence-electron chi connectivity index (χ4n) is 1.91. The second-order valence-corrected chi connectivity index (χ2v) is 3.89. The lowest BCUT2D eigenvalue weighted by molar-refractivity contribution is -0.121. The van der Waals surface area contributed by atoms with Crippen molar-refractivity contribution in [2.45, 2.75) is 13.2 Å². The van der Waals surface area contributed by atoms with Crippen molar-refractivity contribution in [2.24, 2.45) is 0 Å². The van der Waals surface area contributed by atoms with Gasteiger partial charge in [0, 0.05) is 17.1 Å². The maximum atomic E-state index is 11.5. The Morgan fingerprint density at radius 1 is 1.44 bits per heavy atom. The summed E-state index contributed by atoms with van der Waals surface area (Å²) in [5.41, 5.74) is 1.73. The van der Waals surface area contributed by atoms with Crippen LogP contribution < -0.4 is 5.32 Å². The molecular formula is C13H13N3O2. The number of benzene rings is 1. The first-order valence-corrected chi connectivity index (χ1v) is 5.57. The topological polar surface area (TPSA) is 78.0 Å². The van der Waals surface area contributed by atoms with Crippen LogP contribution in [-0.4, -0.2) is 22.1 Å². The van der Waals surface area contributed by atoms with Gasteiger partial charge in [-0.2, -0.15) is 5.26 Å². The summed E-state index contributed by atoms with van der Waals surface area (Å²) >= 11 is 0. The summed E-state index contributed by atoms with van der Waals surface area (Å²) in [5, 5.41) is 21.0. The van der Waals surface area contributed by atoms with Crippen LogP contribution in [0.1, 0.15) is 5.56 Å². The first-order valence-electron chi connectivity index (χ1n) is 5.57. The molecule has 1 aromatic carbocycles. The number of aliphatic hydroxyl groups excluding tert-OH is 1. The molecule has 18 heavy (non-hydrogen) atoms. The third kappa shape index (κ3) is 2.34. The van der Waals surface area contributed by atoms with Gasteiger partial charge in [0.15, 0.2) is 0 Å². The number of rotatable bonds is 4. The molecule has 5 heteroatoms. The summed E-state index contributed by atoms with van der Waals surface area (Å²) in [5.74, 6) is -0.205. The monoisotopic (exact) mass is 243 g/mol. The van der Waals surface area contributed by atoms with Crippen LogP contribution >= 0.6 is 0 Å². The smallest absolute Gasteiger partial charge is 0.240 e. The van der Waals surface area contributed by atoms with Crippen molar-refractivity contribution in [3.8, 4) is 6.07 Å². The van der Waals surface area contributed by atoms with Gasteiger partial charge in [0.2, 0.25) is 5.91 Å². The van der Waals surface area contributed by atoms with Crippen LogP contribution in [0.25, 0.3) is 10.9 Å². The van der Waals surface area contributed by atoms with E-state index in [1.165, 1.54) is 0 Å². The Morgan fingerprint density at radius 2 is 2.28 bits per heavy atom. The average Bonchev–Trinajstić information content (AvgIpc) is 2.79. The van der Waals surface area contributed by atoms with E-state index in [-0.39, 0.29) is 25.6 Å². The van der Waals surface area contributed by atoms with Gasteiger partial charge in [0.05, 0.1) is 12.7 Å². The minimum Gasteiger partial charge on any atom is -0.392 e. The number of amides is 1. The van der Waals surface area contributed by atoms with E-state index in [2.05, 4.69) is 5.32 Å². The molecule has 0 aliphatic heterocycles. The zero-order chi connectivity index (χ0) is 13.0. The van der Waals surface area contributed by atoms with E-state index >= 15 is 0 Å². The zero-order valence-electron chi connectivity index (χ0n) is 9.76. The summed E-state index contributed by atoms with van der Waals surface area (Å²) in [7, 11) is 0. The lowest BCUT2D eigenvalue weighted by Gasteiger charge is -2.06. The molecule has 2 aromatic rings. The van der Waals surface area contributed by atoms with Crippen molar-refractivity contribution in [3.63, 3.8) is 0 Å². The van der Waals surface area contributed by atoms with Gasteiger partial charge in [-0.15, -0.1) is 0 Å². The molecule has 2 N–H and O–H groups in total. The van der Waals surface area contributed by atoms with Crippen molar-refractivity contribution in [3.05, 3.63) is 36.0 Å². The summed E-state index contributed by atoms with van der Waals surface area (Å²) < 4.78 is 1.79. The summed E-state index contributed by atoms with van der Waals surface area (Å²) in [6.07, 6.45) is 1.80. The van der Waals surface area contributed by atoms with Crippen molar-refractivity contribution < 1.29 is 9.90 Å². The molecule has 0 bridgehead atoms. The van der Waals surface area contributed by atoms with E-state index in [1.54, 1.807) is 10.8 Å². The van der Waals surface area contributed by atoms with Crippen molar-refractivity contribution in [1.82, 2.24) is 9.88 Å². The predicted molar refractivity (Wildman–Crippen MR) is 66.5 cm³/mol. The number of nitrogens with one attached hydrogen (secondary N) is 1. The summed E-state index contributed by atoms with van der Waals surface area (Å²) in [6.45, 7) is 0.155. The molecule has 1 heterocycles. The molecule has 0 saturated heterocycles. The standard InChI is InChI=1S/C13H13N3O2/c14-5-6-15-13(18)8-16-7-4-11-10(9-17)2-1-3-12(11)16/h1-4,7,17H,6,8-9H2,(H,15,18). The molecule has 0 aliphatic carbocycles. The fourth-order valence-corrected chi connectivity index (χ4v) is 1.91. The van der Waals surface area contributed by atoms with Crippen molar-refractivity contribution in [2.75, 3.05) is 6.54 Å². The lowest BCUT2D eigenvalue weighted by atomic mass is 10.1. The minimum atomic E-state index is -0.205. The number of fused-ring (bicyclic) bond motifs is 1. The van der Waals surface area contributed by atoms with Gasteiger partial charge < -0.3 is 15.0 Å². The summed E-state index contributed by atoms with van der Waals surface area (Å²) in [6, 6.07) is 9.32. The van der Waals surface area contributed by atoms with Gasteiger partial charge in [-0.05, 0) is 17.7 Å². The summed E-state index contributed by atoms with van der Waals surface area (Å²) in [4.78, 5) is 11.5. The quantitative estimate of drug-likeness (QED) is 0.779. The number of nitrogens with zero attached hydrogens (tertiary/aromatic N) is 2. The van der Waals surface area contributed by atoms with Gasteiger partial charge in [-0.25, -0.2) is 0 Å². The van der Waals surface area contributed by atoms with E-state index < -0.39 is 0 Å². The Morgan fingerprint density at radius 3 is 3.00 bits per heavy atom. The van der Waals surface area contributed by atoms with Crippen LogP contribution in [-0.2, 0) is 17.9 Å². The number of aromatic nitrogens is 1. The third-order valence-electron chi connectivity index (χ3n) is 2.75. The number of carbonyl (C=O) groups excluding carboxylic acids is 1. The molecule has 5 nitrogen and oxygen atoms in total. The van der Waals surface area contributed by atoms with Crippen molar-refractivity contribution >= 4 is 16.8 Å². The van der Waals surface area contributed by atoms with E-state index in [9.17, 15) is 9.90 Å². The van der Waals surface area contributed by atoms with Gasteiger partial charge in [0.25, 0.3) is 0 Å². The molecule has 1 amide bonds. The Balaban J connectivity index is 2.25. The van der Waals surface area contributed by atoms with E-state index in [4.69, 9.17) is 5.26 Å². The zero-order valence-corrected chi connectivity index (χ0v) is 9.76. The number of nitriles is 1. The molecule has 0 aliphatic rings. The number of hydrogen-bond acceptors (Lipinski definition) is 3. The Hall–Kier alpha value is -2.32. The average molecular weight is 243 g/mol. The number of carbonyl (C=O) groups is 1. The van der Waals surface area contributed by atoms with Crippen molar-refractivity contribution in [1.29, 1.82) is 5.26 Å². The van der Waals surface area contributed by atoms with Crippen LogP contribution in [0.15, 0.2) is 30.5 Å². The minimum absolute atomic E-state index is 0.0138. The number of aliphatic hydroxyl groups is 1. The molecular weight excluding hydrogens is 230 g/mol. The SMILES string of the molecule is N#CCNC(=O)Cn1ccc2c(CO)cccc21. The maximum Gasteiger partial charge on any atom is 0.240 e. The van der Waals surface area contributed by atoms with Crippen LogP contribution in [0.4, 0.5) is 0 Å². The largest absolute Gasteiger partial charge is 0.392 e. The lowest BCUT2D eigenvalue weighted by Crippen LogP contribution is -2.27. The fraction of sp³-hybridized carbons (Fsp3) is 0.231.